The molecule has 256 valence electrons. The van der Waals surface area contributed by atoms with Crippen molar-refractivity contribution in [1.29, 1.82) is 0 Å². The van der Waals surface area contributed by atoms with Crippen LogP contribution >= 0.6 is 0 Å². The molecule has 6 amide bonds. The number of piperidine rings is 2. The molecule has 5 rings (SSSR count). The van der Waals surface area contributed by atoms with Crippen LogP contribution in [0.5, 0.6) is 5.75 Å². The second kappa shape index (κ2) is 15.1. The van der Waals surface area contributed by atoms with E-state index in [0.29, 0.717) is 70.5 Å². The highest BCUT2D eigenvalue weighted by Crippen LogP contribution is 2.36. The quantitative estimate of drug-likeness (QED) is 0.332. The van der Waals surface area contributed by atoms with E-state index in [1.165, 1.54) is 4.90 Å². The molecule has 47 heavy (non-hydrogen) atoms. The van der Waals surface area contributed by atoms with Crippen LogP contribution in [0.3, 0.4) is 0 Å². The zero-order valence-electron chi connectivity index (χ0n) is 27.0. The van der Waals surface area contributed by atoms with Crippen molar-refractivity contribution in [2.45, 2.75) is 76.4 Å². The maximum absolute atomic E-state index is 13.4. The molecule has 3 atom stereocenters. The minimum absolute atomic E-state index is 0.00661. The number of likely N-dealkylation sites (tertiary alicyclic amines) is 2. The first kappa shape index (κ1) is 34.1. The van der Waals surface area contributed by atoms with E-state index in [0.717, 1.165) is 18.4 Å². The highest BCUT2D eigenvalue weighted by atomic mass is 16.5. The van der Waals surface area contributed by atoms with Gasteiger partial charge in [0.15, 0.2) is 6.61 Å². The van der Waals surface area contributed by atoms with Gasteiger partial charge in [0.2, 0.25) is 29.5 Å². The predicted octanol–water partition coefficient (Wildman–Crippen LogP) is -0.668. The Bertz CT molecular complexity index is 1360. The molecule has 0 radical (unpaired) electrons. The summed E-state index contributed by atoms with van der Waals surface area (Å²) in [7, 11) is 0. The molecular weight excluding hydrogens is 608 g/mol. The van der Waals surface area contributed by atoms with Gasteiger partial charge in [-0.05, 0) is 75.0 Å². The first-order valence-corrected chi connectivity index (χ1v) is 16.6. The number of hydrogen-bond acceptors (Lipinski definition) is 8. The summed E-state index contributed by atoms with van der Waals surface area (Å²) in [6.45, 7) is 2.70. The highest BCUT2D eigenvalue weighted by Gasteiger charge is 2.40. The fraction of sp³-hybridized carbons (Fsp3) is 0.636. The Labute approximate surface area is 274 Å². The van der Waals surface area contributed by atoms with Gasteiger partial charge in [-0.2, -0.15) is 0 Å². The predicted molar refractivity (Wildman–Crippen MR) is 169 cm³/mol. The van der Waals surface area contributed by atoms with Crippen LogP contribution in [-0.2, 0) is 35.2 Å². The number of carbonyl (C=O) groups excluding carboxylic acids is 6. The van der Waals surface area contributed by atoms with Crippen LogP contribution in [0.15, 0.2) is 24.3 Å². The second-order valence-electron chi connectivity index (χ2n) is 13.2. The van der Waals surface area contributed by atoms with Crippen molar-refractivity contribution < 1.29 is 38.6 Å². The number of carbonyl (C=O) groups is 6. The lowest BCUT2D eigenvalue weighted by atomic mass is 9.73. The smallest absolute Gasteiger partial charge is 0.258 e. The van der Waals surface area contributed by atoms with E-state index >= 15 is 0 Å². The Balaban J connectivity index is 1.34. The van der Waals surface area contributed by atoms with Gasteiger partial charge >= 0.3 is 0 Å². The average Bonchev–Trinajstić information content (AvgIpc) is 3.56. The van der Waals surface area contributed by atoms with E-state index < -0.39 is 53.8 Å². The van der Waals surface area contributed by atoms with Gasteiger partial charge in [0.25, 0.3) is 5.91 Å². The Morgan fingerprint density at radius 2 is 1.79 bits per heavy atom. The molecule has 3 fully saturated rings. The summed E-state index contributed by atoms with van der Waals surface area (Å²) in [5.74, 6) is -1.61. The molecule has 0 aromatic heterocycles. The fourth-order valence-corrected chi connectivity index (χ4v) is 7.02. The van der Waals surface area contributed by atoms with Gasteiger partial charge in [0.05, 0.1) is 13.2 Å². The topological polar surface area (TPSA) is 178 Å². The molecule has 1 aromatic rings. The van der Waals surface area contributed by atoms with Crippen molar-refractivity contribution in [2.75, 3.05) is 52.5 Å². The van der Waals surface area contributed by atoms with E-state index in [4.69, 9.17) is 4.74 Å². The molecule has 1 spiro atoms. The third kappa shape index (κ3) is 8.40. The first-order chi connectivity index (χ1) is 22.6. The molecule has 0 unspecified atom stereocenters. The van der Waals surface area contributed by atoms with E-state index in [1.54, 1.807) is 22.8 Å². The van der Waals surface area contributed by atoms with Crippen molar-refractivity contribution in [3.05, 3.63) is 29.8 Å². The summed E-state index contributed by atoms with van der Waals surface area (Å²) in [6.07, 6.45) is 4.83. The first-order valence-electron chi connectivity index (χ1n) is 16.6. The van der Waals surface area contributed by atoms with Crippen molar-refractivity contribution in [3.8, 4) is 5.75 Å². The lowest BCUT2D eigenvalue weighted by Gasteiger charge is -2.43. The van der Waals surface area contributed by atoms with E-state index in [2.05, 4.69) is 16.0 Å². The molecule has 0 saturated carbocycles. The summed E-state index contributed by atoms with van der Waals surface area (Å²) < 4.78 is 5.78. The Morgan fingerprint density at radius 3 is 2.53 bits per heavy atom. The monoisotopic (exact) mass is 654 g/mol. The molecule has 4 heterocycles. The van der Waals surface area contributed by atoms with Gasteiger partial charge in [-0.1, -0.05) is 12.1 Å². The highest BCUT2D eigenvalue weighted by molar-refractivity contribution is 5.94. The van der Waals surface area contributed by atoms with Crippen molar-refractivity contribution in [3.63, 3.8) is 0 Å². The van der Waals surface area contributed by atoms with Crippen LogP contribution < -0.4 is 20.7 Å². The van der Waals surface area contributed by atoms with Crippen molar-refractivity contribution >= 4 is 35.4 Å². The number of nitrogens with zero attached hydrogens (tertiary/aromatic N) is 3. The number of aliphatic hydroxyl groups is 1. The van der Waals surface area contributed by atoms with Crippen molar-refractivity contribution in [2.24, 2.45) is 5.41 Å². The van der Waals surface area contributed by atoms with E-state index in [1.807, 2.05) is 18.2 Å². The Kier molecular flexibility index (Phi) is 11.0. The molecule has 14 nitrogen and oxygen atoms in total. The average molecular weight is 655 g/mol. The summed E-state index contributed by atoms with van der Waals surface area (Å²) in [4.78, 5) is 82.8. The Morgan fingerprint density at radius 1 is 1.00 bits per heavy atom. The summed E-state index contributed by atoms with van der Waals surface area (Å²) in [6, 6.07) is 4.37. The van der Waals surface area contributed by atoms with E-state index in [-0.39, 0.29) is 31.5 Å². The number of aliphatic hydroxyl groups excluding tert-OH is 1. The molecule has 4 aliphatic heterocycles. The zero-order valence-corrected chi connectivity index (χ0v) is 27.0. The number of amides is 6. The molecule has 1 aromatic carbocycles. The molecule has 14 heteroatoms. The van der Waals surface area contributed by atoms with Crippen LogP contribution in [0.1, 0.15) is 57.4 Å². The number of ether oxygens (including phenoxy) is 1. The number of fused-ring (bicyclic) bond motifs is 3. The van der Waals surface area contributed by atoms with Gasteiger partial charge in [-0.15, -0.1) is 0 Å². The number of rotatable bonds is 3. The van der Waals surface area contributed by atoms with Crippen LogP contribution in [0, 0.1) is 5.41 Å². The van der Waals surface area contributed by atoms with Crippen LogP contribution in [0.25, 0.3) is 0 Å². The minimum Gasteiger partial charge on any atom is -0.484 e. The second-order valence-corrected chi connectivity index (χ2v) is 13.2. The van der Waals surface area contributed by atoms with E-state index in [9.17, 15) is 33.9 Å². The van der Waals surface area contributed by atoms with Crippen LogP contribution in [-0.4, -0.2) is 126 Å². The number of nitrogens with one attached hydrogen (secondary N) is 3. The third-order valence-corrected chi connectivity index (χ3v) is 9.81. The Hall–Kier alpha value is -4.20. The fourth-order valence-electron chi connectivity index (χ4n) is 7.02. The number of benzene rings is 1. The van der Waals surface area contributed by atoms with Crippen LogP contribution in [0.2, 0.25) is 0 Å². The number of hydrogen-bond donors (Lipinski definition) is 4. The minimum atomic E-state index is -1.23. The zero-order chi connectivity index (χ0) is 33.6. The van der Waals surface area contributed by atoms with Gasteiger partial charge in [0, 0.05) is 39.1 Å². The molecule has 4 aliphatic rings. The lowest BCUT2D eigenvalue weighted by Crippen LogP contribution is -2.57. The summed E-state index contributed by atoms with van der Waals surface area (Å²) >= 11 is 0. The molecule has 4 N–H and O–H groups in total. The maximum Gasteiger partial charge on any atom is 0.258 e. The third-order valence-electron chi connectivity index (χ3n) is 9.81. The van der Waals surface area contributed by atoms with Crippen molar-refractivity contribution in [1.82, 2.24) is 30.7 Å². The maximum atomic E-state index is 13.4. The summed E-state index contributed by atoms with van der Waals surface area (Å²) in [5, 5.41) is 18.3. The molecule has 0 aliphatic carbocycles. The summed E-state index contributed by atoms with van der Waals surface area (Å²) in [5.41, 5.74) is 0.436. The van der Waals surface area contributed by atoms with Gasteiger partial charge in [0.1, 0.15) is 23.9 Å². The molecule has 3 saturated heterocycles. The van der Waals surface area contributed by atoms with Crippen LogP contribution in [0.4, 0.5) is 0 Å². The normalized spacial score (nSPS) is 26.3. The van der Waals surface area contributed by atoms with Gasteiger partial charge < -0.3 is 40.5 Å². The lowest BCUT2D eigenvalue weighted by molar-refractivity contribution is -0.143. The van der Waals surface area contributed by atoms with Gasteiger partial charge in [-0.3, -0.25) is 28.8 Å². The molecule has 2 bridgehead atoms. The standard InChI is InChI=1S/C33H46N6O8/c1-22-32(46)39-13-5-8-26(39)31(45)36-25(19-40)30(44)34-21-33(17-23-6-4-7-24(16-23)47-20-27(41)35-22)10-14-37(15-11-33)29(43)18-38-12-3-2-9-28(38)42/h4,6-7,16,22,25-26,40H,2-3,5,8-15,17-21H2,1H3,(H,34,44)(H,35,41)(H,36,45)/t22-,25-,26-/m0/s1. The SMILES string of the molecule is C[C@@H]1NC(=O)COc2cccc(c2)CC2(CCN(C(=O)CN3CCCCC3=O)CC2)CNC(=O)[C@H](CO)NC(=O)[C@@H]2CCCN2C1=O. The largest absolute Gasteiger partial charge is 0.484 e. The molecular formula is C33H46N6O8. The van der Waals surface area contributed by atoms with Gasteiger partial charge in [-0.25, -0.2) is 0 Å².